The summed E-state index contributed by atoms with van der Waals surface area (Å²) in [7, 11) is 0. The molecular formula is C16H15N5OS. The third-order valence-electron chi connectivity index (χ3n) is 3.25. The first-order chi connectivity index (χ1) is 11.0. The molecule has 0 fully saturated rings. The molecule has 0 atom stereocenters. The Morgan fingerprint density at radius 1 is 1.13 bits per heavy atom. The maximum absolute atomic E-state index is 11.0. The molecule has 1 aromatic heterocycles. The molecule has 23 heavy (non-hydrogen) atoms. The number of hydrogen-bond donors (Lipinski definition) is 2. The van der Waals surface area contributed by atoms with Gasteiger partial charge in [0.1, 0.15) is 11.0 Å². The number of aryl methyl sites for hydroxylation is 1. The van der Waals surface area contributed by atoms with Crippen LogP contribution in [0.2, 0.25) is 0 Å². The summed E-state index contributed by atoms with van der Waals surface area (Å²) in [5.41, 5.74) is 4.18. The predicted octanol–water partition coefficient (Wildman–Crippen LogP) is 2.56. The first kappa shape index (κ1) is 15.1. The second-order valence-corrected chi connectivity index (χ2v) is 5.52. The van der Waals surface area contributed by atoms with Crippen LogP contribution in [0.4, 0.5) is 5.69 Å². The topological polar surface area (TPSA) is 71.8 Å². The molecule has 3 rings (SSSR count). The van der Waals surface area contributed by atoms with E-state index >= 15 is 0 Å². The summed E-state index contributed by atoms with van der Waals surface area (Å²) in [6.07, 6.45) is 0. The van der Waals surface area contributed by atoms with E-state index in [1.807, 2.05) is 49.4 Å². The number of anilines is 1. The summed E-state index contributed by atoms with van der Waals surface area (Å²) in [6.45, 7) is 3.36. The van der Waals surface area contributed by atoms with Crippen LogP contribution in [0, 0.1) is 6.92 Å². The highest BCUT2D eigenvalue weighted by molar-refractivity contribution is 7.80. The number of aromatic nitrogens is 3. The molecule has 0 bridgehead atoms. The highest BCUT2D eigenvalue weighted by Crippen LogP contribution is 2.22. The quantitative estimate of drug-likeness (QED) is 0.709. The van der Waals surface area contributed by atoms with Crippen LogP contribution in [0.15, 0.2) is 42.5 Å². The number of amides is 1. The van der Waals surface area contributed by atoms with E-state index < -0.39 is 0 Å². The van der Waals surface area contributed by atoms with E-state index in [0.29, 0.717) is 0 Å². The summed E-state index contributed by atoms with van der Waals surface area (Å²) in [5.74, 6) is -0.212. The molecule has 0 saturated carbocycles. The van der Waals surface area contributed by atoms with Gasteiger partial charge in [-0.25, -0.2) is 0 Å². The van der Waals surface area contributed by atoms with Gasteiger partial charge in [0.2, 0.25) is 5.91 Å². The molecule has 0 aliphatic rings. The van der Waals surface area contributed by atoms with Crippen LogP contribution in [0.3, 0.4) is 0 Å². The molecule has 2 aromatic carbocycles. The van der Waals surface area contributed by atoms with Crippen LogP contribution in [-0.4, -0.2) is 26.0 Å². The van der Waals surface area contributed by atoms with Gasteiger partial charge < -0.3 is 10.6 Å². The molecule has 116 valence electrons. The van der Waals surface area contributed by atoms with Crippen molar-refractivity contribution >= 4 is 40.0 Å². The largest absolute Gasteiger partial charge is 0.332 e. The molecule has 1 heterocycles. The van der Waals surface area contributed by atoms with Crippen LogP contribution < -0.4 is 10.6 Å². The zero-order valence-corrected chi connectivity index (χ0v) is 13.5. The average Bonchev–Trinajstić information content (AvgIpc) is 2.90. The Morgan fingerprint density at radius 3 is 2.43 bits per heavy atom. The number of benzene rings is 2. The van der Waals surface area contributed by atoms with Crippen molar-refractivity contribution in [1.29, 1.82) is 0 Å². The third kappa shape index (κ3) is 3.35. The Labute approximate surface area is 138 Å². The minimum atomic E-state index is -0.212. The van der Waals surface area contributed by atoms with Crippen molar-refractivity contribution < 1.29 is 4.79 Å². The van der Waals surface area contributed by atoms with Gasteiger partial charge in [-0.2, -0.15) is 4.80 Å². The first-order valence-corrected chi connectivity index (χ1v) is 7.45. The third-order valence-corrected chi connectivity index (χ3v) is 3.46. The Bertz CT molecular complexity index is 888. The second kappa shape index (κ2) is 6.13. The molecule has 3 aromatic rings. The van der Waals surface area contributed by atoms with Gasteiger partial charge in [0.15, 0.2) is 5.11 Å². The van der Waals surface area contributed by atoms with Crippen molar-refractivity contribution in [2.45, 2.75) is 13.8 Å². The number of carbonyl (C=O) groups is 1. The monoisotopic (exact) mass is 325 g/mol. The maximum atomic E-state index is 11.0. The summed E-state index contributed by atoms with van der Waals surface area (Å²) in [6, 6.07) is 13.5. The zero-order valence-electron chi connectivity index (χ0n) is 12.7. The number of para-hydroxylation sites is 1. The highest BCUT2D eigenvalue weighted by atomic mass is 32.1. The minimum Gasteiger partial charge on any atom is -0.332 e. The van der Waals surface area contributed by atoms with E-state index in [9.17, 15) is 4.79 Å². The number of nitrogens with one attached hydrogen (secondary N) is 2. The summed E-state index contributed by atoms with van der Waals surface area (Å²) >= 11 is 5.09. The van der Waals surface area contributed by atoms with Crippen LogP contribution >= 0.6 is 12.2 Å². The lowest BCUT2D eigenvalue weighted by atomic mass is 10.2. The SMILES string of the molecule is CC(=O)NC(=S)Nc1cc2nn(-c3ccccc3)nc2cc1C. The van der Waals surface area contributed by atoms with Crippen molar-refractivity contribution in [2.24, 2.45) is 0 Å². The fourth-order valence-electron chi connectivity index (χ4n) is 2.19. The minimum absolute atomic E-state index is 0.212. The van der Waals surface area contributed by atoms with Crippen molar-refractivity contribution in [1.82, 2.24) is 20.3 Å². The molecule has 0 spiro atoms. The highest BCUT2D eigenvalue weighted by Gasteiger charge is 2.09. The van der Waals surface area contributed by atoms with Crippen LogP contribution in [0.5, 0.6) is 0 Å². The van der Waals surface area contributed by atoms with E-state index in [1.165, 1.54) is 6.92 Å². The van der Waals surface area contributed by atoms with Gasteiger partial charge in [-0.15, -0.1) is 10.2 Å². The second-order valence-electron chi connectivity index (χ2n) is 5.12. The molecule has 7 heteroatoms. The summed E-state index contributed by atoms with van der Waals surface area (Å²) in [5, 5.41) is 14.8. The van der Waals surface area contributed by atoms with Gasteiger partial charge in [-0.3, -0.25) is 4.79 Å². The van der Waals surface area contributed by atoms with Crippen molar-refractivity contribution in [3.63, 3.8) is 0 Å². The van der Waals surface area contributed by atoms with E-state index in [0.717, 1.165) is 28.0 Å². The molecular weight excluding hydrogens is 310 g/mol. The number of fused-ring (bicyclic) bond motifs is 1. The standard InChI is InChI=1S/C16H15N5OS/c1-10-8-14-15(9-13(10)18-16(23)17-11(2)22)20-21(19-14)12-6-4-3-5-7-12/h3-9H,1-2H3,(H2,17,18,22,23). The molecule has 0 radical (unpaired) electrons. The summed E-state index contributed by atoms with van der Waals surface area (Å²) < 4.78 is 0. The lowest BCUT2D eigenvalue weighted by molar-refractivity contribution is -0.117. The Balaban J connectivity index is 1.95. The van der Waals surface area contributed by atoms with Crippen LogP contribution in [-0.2, 0) is 4.79 Å². The van der Waals surface area contributed by atoms with Crippen LogP contribution in [0.25, 0.3) is 16.7 Å². The zero-order chi connectivity index (χ0) is 16.4. The van der Waals surface area contributed by atoms with E-state index in [4.69, 9.17) is 12.2 Å². The molecule has 0 saturated heterocycles. The number of thiocarbonyl (C=S) groups is 1. The first-order valence-electron chi connectivity index (χ1n) is 7.04. The maximum Gasteiger partial charge on any atom is 0.222 e. The Kier molecular flexibility index (Phi) is 4.03. The fourth-order valence-corrected chi connectivity index (χ4v) is 2.45. The van der Waals surface area contributed by atoms with Gasteiger partial charge in [0.25, 0.3) is 0 Å². The normalized spacial score (nSPS) is 10.5. The Hall–Kier alpha value is -2.80. The van der Waals surface area contributed by atoms with Crippen molar-refractivity contribution in [3.05, 3.63) is 48.0 Å². The van der Waals surface area contributed by atoms with Gasteiger partial charge >= 0.3 is 0 Å². The molecule has 0 aliphatic carbocycles. The molecule has 6 nitrogen and oxygen atoms in total. The lowest BCUT2D eigenvalue weighted by Gasteiger charge is -2.10. The number of hydrogen-bond acceptors (Lipinski definition) is 4. The van der Waals surface area contributed by atoms with Crippen LogP contribution in [0.1, 0.15) is 12.5 Å². The average molecular weight is 325 g/mol. The number of rotatable bonds is 2. The van der Waals surface area contributed by atoms with E-state index in [2.05, 4.69) is 20.8 Å². The summed E-state index contributed by atoms with van der Waals surface area (Å²) in [4.78, 5) is 12.6. The van der Waals surface area contributed by atoms with Gasteiger partial charge in [-0.1, -0.05) is 18.2 Å². The fraction of sp³-hybridized carbons (Fsp3) is 0.125. The van der Waals surface area contributed by atoms with Gasteiger partial charge in [0.05, 0.1) is 5.69 Å². The number of carbonyl (C=O) groups excluding carboxylic acids is 1. The van der Waals surface area contributed by atoms with Gasteiger partial charge in [0, 0.05) is 12.6 Å². The molecule has 1 amide bonds. The van der Waals surface area contributed by atoms with Gasteiger partial charge in [-0.05, 0) is 49.0 Å². The van der Waals surface area contributed by atoms with Crippen molar-refractivity contribution in [2.75, 3.05) is 5.32 Å². The molecule has 0 aliphatic heterocycles. The van der Waals surface area contributed by atoms with Crippen molar-refractivity contribution in [3.8, 4) is 5.69 Å². The number of nitrogens with zero attached hydrogens (tertiary/aromatic N) is 3. The molecule has 2 N–H and O–H groups in total. The Morgan fingerprint density at radius 2 is 1.78 bits per heavy atom. The van der Waals surface area contributed by atoms with E-state index in [1.54, 1.807) is 4.80 Å². The van der Waals surface area contributed by atoms with E-state index in [-0.39, 0.29) is 11.0 Å². The smallest absolute Gasteiger partial charge is 0.222 e. The lowest BCUT2D eigenvalue weighted by Crippen LogP contribution is -2.32. The molecule has 0 unspecified atom stereocenters. The predicted molar refractivity (Wildman–Crippen MR) is 93.6 cm³/mol.